The van der Waals surface area contributed by atoms with E-state index < -0.39 is 23.5 Å². The molecule has 1 N–H and O–H groups in total. The number of rotatable bonds is 6. The van der Waals surface area contributed by atoms with Crippen molar-refractivity contribution < 1.29 is 22.7 Å². The molecule has 0 bridgehead atoms. The van der Waals surface area contributed by atoms with E-state index in [2.05, 4.69) is 5.32 Å². The highest BCUT2D eigenvalue weighted by atomic mass is 19.2. The molecule has 7 heteroatoms. The summed E-state index contributed by atoms with van der Waals surface area (Å²) in [7, 11) is 1.52. The summed E-state index contributed by atoms with van der Waals surface area (Å²) in [6, 6.07) is 1.34. The van der Waals surface area contributed by atoms with Crippen LogP contribution in [0.15, 0.2) is 12.1 Å². The topological polar surface area (TPSA) is 41.6 Å². The summed E-state index contributed by atoms with van der Waals surface area (Å²) in [6.07, 6.45) is 0.657. The van der Waals surface area contributed by atoms with Gasteiger partial charge in [-0.3, -0.25) is 9.69 Å². The number of ether oxygens (including phenoxy) is 1. The van der Waals surface area contributed by atoms with E-state index in [1.54, 1.807) is 6.92 Å². The van der Waals surface area contributed by atoms with E-state index in [4.69, 9.17) is 4.74 Å². The number of hydrogen-bond acceptors (Lipinski definition) is 3. The third-order valence-corrected chi connectivity index (χ3v) is 4.45. The van der Waals surface area contributed by atoms with Crippen molar-refractivity contribution in [1.29, 1.82) is 0 Å². The number of likely N-dealkylation sites (tertiary alicyclic amines) is 1. The van der Waals surface area contributed by atoms with E-state index in [-0.39, 0.29) is 17.9 Å². The van der Waals surface area contributed by atoms with Gasteiger partial charge in [0.05, 0.1) is 18.6 Å². The smallest absolute Gasteiger partial charge is 0.225 e. The summed E-state index contributed by atoms with van der Waals surface area (Å²) in [5, 5.41) is 2.93. The summed E-state index contributed by atoms with van der Waals surface area (Å²) < 4.78 is 45.4. The largest absolute Gasteiger partial charge is 0.384 e. The molecule has 1 aromatic rings. The van der Waals surface area contributed by atoms with Crippen LogP contribution in [0.25, 0.3) is 0 Å². The van der Waals surface area contributed by atoms with E-state index in [0.717, 1.165) is 12.1 Å². The maximum atomic E-state index is 13.6. The minimum Gasteiger partial charge on any atom is -0.384 e. The molecule has 0 radical (unpaired) electrons. The molecule has 1 heterocycles. The van der Waals surface area contributed by atoms with Crippen LogP contribution in [-0.2, 0) is 9.53 Å². The summed E-state index contributed by atoms with van der Waals surface area (Å²) in [4.78, 5) is 14.2. The predicted molar refractivity (Wildman–Crippen MR) is 83.9 cm³/mol. The summed E-state index contributed by atoms with van der Waals surface area (Å²) in [5.74, 6) is -4.41. The zero-order chi connectivity index (χ0) is 17.9. The predicted octanol–water partition coefficient (Wildman–Crippen LogP) is 2.64. The normalized spacial score (nSPS) is 22.6. The average Bonchev–Trinajstić information content (AvgIpc) is 2.94. The molecular formula is C17H23F3N2O2. The first-order valence-electron chi connectivity index (χ1n) is 8.06. The van der Waals surface area contributed by atoms with E-state index >= 15 is 0 Å². The van der Waals surface area contributed by atoms with Gasteiger partial charge in [0.25, 0.3) is 0 Å². The SMILES string of the molecule is CCN1CC[C@H](NC(=O)[C@H](C)COC)[C@H]1c1cc(F)c(F)c(F)c1. The van der Waals surface area contributed by atoms with Crippen LogP contribution in [0, 0.1) is 23.4 Å². The van der Waals surface area contributed by atoms with Crippen molar-refractivity contribution in [2.75, 3.05) is 26.8 Å². The molecule has 1 aliphatic heterocycles. The highest BCUT2D eigenvalue weighted by molar-refractivity contribution is 5.78. The maximum Gasteiger partial charge on any atom is 0.225 e. The molecule has 0 aliphatic carbocycles. The lowest BCUT2D eigenvalue weighted by Crippen LogP contribution is -2.42. The number of carbonyl (C=O) groups excluding carboxylic acids is 1. The van der Waals surface area contributed by atoms with Gasteiger partial charge in [0.15, 0.2) is 17.5 Å². The van der Waals surface area contributed by atoms with Gasteiger partial charge in [-0.25, -0.2) is 13.2 Å². The lowest BCUT2D eigenvalue weighted by atomic mass is 9.98. The molecule has 0 spiro atoms. The number of likely N-dealkylation sites (N-methyl/N-ethyl adjacent to an activating group) is 1. The van der Waals surface area contributed by atoms with E-state index in [0.29, 0.717) is 31.7 Å². The number of amides is 1. The fourth-order valence-electron chi connectivity index (χ4n) is 3.20. The highest BCUT2D eigenvalue weighted by Gasteiger charge is 2.36. The molecule has 1 fully saturated rings. The first-order valence-corrected chi connectivity index (χ1v) is 8.06. The lowest BCUT2D eigenvalue weighted by molar-refractivity contribution is -0.126. The molecule has 3 atom stereocenters. The maximum absolute atomic E-state index is 13.6. The van der Waals surface area contributed by atoms with Crippen molar-refractivity contribution in [2.24, 2.45) is 5.92 Å². The average molecular weight is 344 g/mol. The third kappa shape index (κ3) is 3.89. The van der Waals surface area contributed by atoms with Crippen molar-refractivity contribution in [2.45, 2.75) is 32.4 Å². The Morgan fingerprint density at radius 1 is 1.38 bits per heavy atom. The Morgan fingerprint density at radius 2 is 2.00 bits per heavy atom. The van der Waals surface area contributed by atoms with Crippen LogP contribution in [0.2, 0.25) is 0 Å². The summed E-state index contributed by atoms with van der Waals surface area (Å²) >= 11 is 0. The molecule has 134 valence electrons. The fourth-order valence-corrected chi connectivity index (χ4v) is 3.20. The monoisotopic (exact) mass is 344 g/mol. The van der Waals surface area contributed by atoms with Gasteiger partial charge in [-0.15, -0.1) is 0 Å². The minimum absolute atomic E-state index is 0.173. The Hall–Kier alpha value is -1.60. The van der Waals surface area contributed by atoms with Gasteiger partial charge in [0.2, 0.25) is 5.91 Å². The molecule has 1 amide bonds. The number of methoxy groups -OCH3 is 1. The van der Waals surface area contributed by atoms with Crippen molar-refractivity contribution in [3.63, 3.8) is 0 Å². The Kier molecular flexibility index (Phi) is 6.23. The molecule has 0 saturated carbocycles. The molecule has 2 rings (SSSR count). The summed E-state index contributed by atoms with van der Waals surface area (Å²) in [6.45, 7) is 5.32. The second-order valence-corrected chi connectivity index (χ2v) is 6.13. The van der Waals surface area contributed by atoms with Gasteiger partial charge < -0.3 is 10.1 Å². The molecule has 1 aliphatic rings. The van der Waals surface area contributed by atoms with Gasteiger partial charge in [-0.2, -0.15) is 0 Å². The Balaban J connectivity index is 2.24. The Morgan fingerprint density at radius 3 is 2.54 bits per heavy atom. The van der Waals surface area contributed by atoms with Crippen LogP contribution in [0.4, 0.5) is 13.2 Å². The van der Waals surface area contributed by atoms with Crippen LogP contribution in [0.1, 0.15) is 31.9 Å². The molecule has 0 aromatic heterocycles. The van der Waals surface area contributed by atoms with Crippen molar-refractivity contribution in [1.82, 2.24) is 10.2 Å². The highest BCUT2D eigenvalue weighted by Crippen LogP contribution is 2.33. The van der Waals surface area contributed by atoms with Crippen molar-refractivity contribution in [3.05, 3.63) is 35.1 Å². The molecular weight excluding hydrogens is 321 g/mol. The van der Waals surface area contributed by atoms with Crippen molar-refractivity contribution >= 4 is 5.91 Å². The number of nitrogens with one attached hydrogen (secondary N) is 1. The molecule has 24 heavy (non-hydrogen) atoms. The first kappa shape index (κ1) is 18.7. The molecule has 4 nitrogen and oxygen atoms in total. The van der Waals surface area contributed by atoms with Crippen LogP contribution >= 0.6 is 0 Å². The zero-order valence-corrected chi connectivity index (χ0v) is 14.1. The second kappa shape index (κ2) is 7.98. The quantitative estimate of drug-likeness (QED) is 0.807. The van der Waals surface area contributed by atoms with Gasteiger partial charge in [0, 0.05) is 19.7 Å². The van der Waals surface area contributed by atoms with Crippen molar-refractivity contribution in [3.8, 4) is 0 Å². The van der Waals surface area contributed by atoms with Gasteiger partial charge in [-0.05, 0) is 30.7 Å². The molecule has 1 saturated heterocycles. The molecule has 1 aromatic carbocycles. The fraction of sp³-hybridized carbons (Fsp3) is 0.588. The second-order valence-electron chi connectivity index (χ2n) is 6.13. The van der Waals surface area contributed by atoms with Gasteiger partial charge in [-0.1, -0.05) is 13.8 Å². The number of nitrogens with zero attached hydrogens (tertiary/aromatic N) is 1. The van der Waals surface area contributed by atoms with Gasteiger partial charge in [0.1, 0.15) is 0 Å². The molecule has 0 unspecified atom stereocenters. The summed E-state index contributed by atoms with van der Waals surface area (Å²) in [5.41, 5.74) is 0.329. The minimum atomic E-state index is -1.48. The van der Waals surface area contributed by atoms with Crippen LogP contribution in [-0.4, -0.2) is 43.7 Å². The number of benzene rings is 1. The van der Waals surface area contributed by atoms with E-state index in [1.807, 2.05) is 11.8 Å². The Labute approximate surface area is 140 Å². The lowest BCUT2D eigenvalue weighted by Gasteiger charge is -2.29. The van der Waals surface area contributed by atoms with E-state index in [9.17, 15) is 18.0 Å². The third-order valence-electron chi connectivity index (χ3n) is 4.45. The zero-order valence-electron chi connectivity index (χ0n) is 14.1. The van der Waals surface area contributed by atoms with Crippen LogP contribution in [0.3, 0.4) is 0 Å². The standard InChI is InChI=1S/C17H23F3N2O2/c1-4-22-6-5-14(21-17(23)10(2)9-24-3)16(22)11-7-12(18)15(20)13(19)8-11/h7-8,10,14,16H,4-6,9H2,1-3H3,(H,21,23)/t10-,14+,16-/m1/s1. The van der Waals surface area contributed by atoms with Crippen LogP contribution < -0.4 is 5.32 Å². The number of hydrogen-bond donors (Lipinski definition) is 1. The van der Waals surface area contributed by atoms with Crippen LogP contribution in [0.5, 0.6) is 0 Å². The first-order chi connectivity index (χ1) is 11.4. The number of halogens is 3. The number of carbonyl (C=O) groups is 1. The van der Waals surface area contributed by atoms with Gasteiger partial charge >= 0.3 is 0 Å². The Bertz CT molecular complexity index is 574. The van der Waals surface area contributed by atoms with E-state index in [1.165, 1.54) is 7.11 Å².